The lowest BCUT2D eigenvalue weighted by atomic mass is 10.2. The van der Waals surface area contributed by atoms with Crippen LogP contribution in [0.2, 0.25) is 0 Å². The molecule has 0 fully saturated rings. The van der Waals surface area contributed by atoms with Crippen molar-refractivity contribution in [2.75, 3.05) is 24.9 Å². The molecule has 3 aromatic rings. The molecule has 1 heterocycles. The molecule has 2 N–H and O–H groups in total. The molecule has 0 radical (unpaired) electrons. The molecule has 31 heavy (non-hydrogen) atoms. The zero-order chi connectivity index (χ0) is 22.4. The number of anilines is 3. The number of nitrogens with zero attached hydrogens (tertiary/aromatic N) is 2. The topological polar surface area (TPSA) is 85.4 Å². The lowest BCUT2D eigenvalue weighted by Crippen LogP contribution is -2.07. The van der Waals surface area contributed by atoms with Gasteiger partial charge in [-0.3, -0.25) is 4.79 Å². The molecular weight excluding hydrogens is 460 g/mol. The van der Waals surface area contributed by atoms with Gasteiger partial charge in [-0.1, -0.05) is 0 Å². The van der Waals surface area contributed by atoms with E-state index in [4.69, 9.17) is 9.47 Å². The number of nitrogens with one attached hydrogen (secondary N) is 2. The molecule has 0 saturated carbocycles. The summed E-state index contributed by atoms with van der Waals surface area (Å²) in [7, 11) is 3.14. The van der Waals surface area contributed by atoms with Crippen molar-refractivity contribution in [1.82, 2.24) is 9.97 Å². The van der Waals surface area contributed by atoms with Gasteiger partial charge in [-0.2, -0.15) is 0 Å². The zero-order valence-electron chi connectivity index (χ0n) is 17.7. The van der Waals surface area contributed by atoms with E-state index >= 15 is 0 Å². The first-order chi connectivity index (χ1) is 14.9. The second-order valence-corrected chi connectivity index (χ2v) is 7.59. The largest absolute Gasteiger partial charge is 0.493 e. The molecule has 0 spiro atoms. The van der Waals surface area contributed by atoms with Crippen LogP contribution in [-0.4, -0.2) is 30.1 Å². The highest BCUT2D eigenvalue weighted by atomic mass is 79.9. The van der Waals surface area contributed by atoms with Crippen LogP contribution in [0.5, 0.6) is 11.5 Å². The van der Waals surface area contributed by atoms with Crippen LogP contribution < -0.4 is 20.1 Å². The smallest absolute Gasteiger partial charge is 0.248 e. The third kappa shape index (κ3) is 6.05. The Balaban J connectivity index is 1.63. The van der Waals surface area contributed by atoms with E-state index in [1.54, 1.807) is 26.4 Å². The molecule has 0 unspecified atom stereocenters. The number of carbonyl (C=O) groups excluding carboxylic acids is 1. The first kappa shape index (κ1) is 22.3. The molecule has 0 aliphatic heterocycles. The van der Waals surface area contributed by atoms with E-state index in [9.17, 15) is 4.79 Å². The summed E-state index contributed by atoms with van der Waals surface area (Å²) in [6, 6.07) is 12.9. The number of hydrogen-bond donors (Lipinski definition) is 2. The minimum absolute atomic E-state index is 0.246. The Kier molecular flexibility index (Phi) is 7.25. The molecule has 2 aromatic carbocycles. The Morgan fingerprint density at radius 2 is 1.61 bits per heavy atom. The van der Waals surface area contributed by atoms with Crippen molar-refractivity contribution in [2.24, 2.45) is 0 Å². The molecule has 3 rings (SSSR count). The van der Waals surface area contributed by atoms with Crippen molar-refractivity contribution >= 4 is 45.2 Å². The molecule has 0 aliphatic carbocycles. The van der Waals surface area contributed by atoms with E-state index in [0.717, 1.165) is 27.1 Å². The van der Waals surface area contributed by atoms with Gasteiger partial charge < -0.3 is 20.1 Å². The van der Waals surface area contributed by atoms with Gasteiger partial charge in [-0.15, -0.1) is 0 Å². The third-order valence-electron chi connectivity index (χ3n) is 4.27. The highest BCUT2D eigenvalue weighted by Crippen LogP contribution is 2.36. The van der Waals surface area contributed by atoms with Crippen LogP contribution in [-0.2, 0) is 4.79 Å². The Hall–Kier alpha value is -3.39. The Bertz CT molecular complexity index is 1090. The average molecular weight is 483 g/mol. The summed E-state index contributed by atoms with van der Waals surface area (Å²) in [5.74, 6) is 1.47. The number of hydrogen-bond acceptors (Lipinski definition) is 6. The summed E-state index contributed by atoms with van der Waals surface area (Å²) in [6.07, 6.45) is 3.17. The second kappa shape index (κ2) is 10.1. The number of halogens is 1. The van der Waals surface area contributed by atoms with E-state index in [0.29, 0.717) is 23.1 Å². The fraction of sp³-hybridized carbons (Fsp3) is 0.174. The highest BCUT2D eigenvalue weighted by molar-refractivity contribution is 9.10. The maximum Gasteiger partial charge on any atom is 0.248 e. The average Bonchev–Trinajstić information content (AvgIpc) is 2.72. The zero-order valence-corrected chi connectivity index (χ0v) is 19.3. The first-order valence-corrected chi connectivity index (χ1v) is 10.3. The van der Waals surface area contributed by atoms with Gasteiger partial charge in [0.2, 0.25) is 11.9 Å². The molecule has 0 saturated heterocycles. The number of benzene rings is 2. The summed E-state index contributed by atoms with van der Waals surface area (Å²) in [5, 5.41) is 6.00. The molecule has 0 aliphatic rings. The number of rotatable bonds is 7. The van der Waals surface area contributed by atoms with E-state index in [-0.39, 0.29) is 5.91 Å². The van der Waals surface area contributed by atoms with E-state index in [1.807, 2.05) is 50.2 Å². The van der Waals surface area contributed by atoms with Gasteiger partial charge in [0.1, 0.15) is 0 Å². The summed E-state index contributed by atoms with van der Waals surface area (Å²) >= 11 is 3.44. The lowest BCUT2D eigenvalue weighted by molar-refractivity contribution is -0.111. The Labute approximate surface area is 189 Å². The maximum absolute atomic E-state index is 12.3. The van der Waals surface area contributed by atoms with Crippen molar-refractivity contribution in [3.63, 3.8) is 0 Å². The molecule has 160 valence electrons. The predicted molar refractivity (Wildman–Crippen MR) is 126 cm³/mol. The summed E-state index contributed by atoms with van der Waals surface area (Å²) in [5.41, 5.74) is 4.09. The van der Waals surface area contributed by atoms with Crippen LogP contribution in [0, 0.1) is 13.8 Å². The van der Waals surface area contributed by atoms with E-state index < -0.39 is 0 Å². The van der Waals surface area contributed by atoms with Crippen molar-refractivity contribution in [2.45, 2.75) is 13.8 Å². The monoisotopic (exact) mass is 482 g/mol. The van der Waals surface area contributed by atoms with Gasteiger partial charge >= 0.3 is 0 Å². The molecule has 7 nitrogen and oxygen atoms in total. The van der Waals surface area contributed by atoms with Gasteiger partial charge in [0, 0.05) is 28.8 Å². The number of amides is 1. The Morgan fingerprint density at radius 3 is 2.23 bits per heavy atom. The summed E-state index contributed by atoms with van der Waals surface area (Å²) < 4.78 is 11.4. The molecule has 1 aromatic heterocycles. The quantitative estimate of drug-likeness (QED) is 0.446. The van der Waals surface area contributed by atoms with Gasteiger partial charge in [-0.05, 0) is 83.9 Å². The molecule has 0 bridgehead atoms. The summed E-state index contributed by atoms with van der Waals surface area (Å²) in [6.45, 7) is 3.85. The molecular formula is C23H23BrN4O3. The van der Waals surface area contributed by atoms with Crippen LogP contribution in [0.3, 0.4) is 0 Å². The fourth-order valence-electron chi connectivity index (χ4n) is 2.94. The van der Waals surface area contributed by atoms with Crippen LogP contribution in [0.4, 0.5) is 17.3 Å². The minimum Gasteiger partial charge on any atom is -0.493 e. The van der Waals surface area contributed by atoms with Crippen LogP contribution >= 0.6 is 15.9 Å². The third-order valence-corrected chi connectivity index (χ3v) is 4.86. The summed E-state index contributed by atoms with van der Waals surface area (Å²) in [4.78, 5) is 21.0. The predicted octanol–water partition coefficient (Wildman–Crippen LogP) is 5.27. The molecule has 1 amide bonds. The first-order valence-electron chi connectivity index (χ1n) is 9.48. The van der Waals surface area contributed by atoms with E-state index in [1.165, 1.54) is 6.08 Å². The second-order valence-electron chi connectivity index (χ2n) is 6.74. The number of aromatic nitrogens is 2. The fourth-order valence-corrected chi connectivity index (χ4v) is 3.56. The molecule has 0 atom stereocenters. The standard InChI is InChI=1S/C23H23BrN4O3/c1-14-11-15(2)26-23(25-14)28-18-8-6-17(7-9-18)27-21(29)10-5-16-12-19(24)22(31-4)20(13-16)30-3/h5-13H,1-4H3,(H,27,29)(H,25,26,28)/b10-5+. The maximum atomic E-state index is 12.3. The van der Waals surface area contributed by atoms with Crippen molar-refractivity contribution in [3.8, 4) is 11.5 Å². The number of methoxy groups -OCH3 is 2. The van der Waals surface area contributed by atoms with Gasteiger partial charge in [0.15, 0.2) is 11.5 Å². The number of aryl methyl sites for hydroxylation is 2. The van der Waals surface area contributed by atoms with Crippen molar-refractivity contribution < 1.29 is 14.3 Å². The van der Waals surface area contributed by atoms with Crippen molar-refractivity contribution in [1.29, 1.82) is 0 Å². The highest BCUT2D eigenvalue weighted by Gasteiger charge is 2.09. The minimum atomic E-state index is -0.246. The normalized spacial score (nSPS) is 10.7. The molecule has 8 heteroatoms. The lowest BCUT2D eigenvalue weighted by Gasteiger charge is -2.10. The van der Waals surface area contributed by atoms with Crippen LogP contribution in [0.15, 0.2) is 53.0 Å². The van der Waals surface area contributed by atoms with Gasteiger partial charge in [0.05, 0.1) is 18.7 Å². The number of ether oxygens (including phenoxy) is 2. The number of carbonyl (C=O) groups is 1. The van der Waals surface area contributed by atoms with E-state index in [2.05, 4.69) is 36.5 Å². The van der Waals surface area contributed by atoms with Crippen LogP contribution in [0.25, 0.3) is 6.08 Å². The van der Waals surface area contributed by atoms with Gasteiger partial charge in [-0.25, -0.2) is 9.97 Å². The SMILES string of the molecule is COc1cc(/C=C/C(=O)Nc2ccc(Nc3nc(C)cc(C)n3)cc2)cc(Br)c1OC. The Morgan fingerprint density at radius 1 is 0.968 bits per heavy atom. The van der Waals surface area contributed by atoms with Crippen LogP contribution in [0.1, 0.15) is 17.0 Å². The van der Waals surface area contributed by atoms with Crippen molar-refractivity contribution in [3.05, 3.63) is 70.0 Å². The van der Waals surface area contributed by atoms with Gasteiger partial charge in [0.25, 0.3) is 0 Å².